The molecule has 0 aromatic heterocycles. The van der Waals surface area contributed by atoms with Gasteiger partial charge in [0.1, 0.15) is 0 Å². The Morgan fingerprint density at radius 3 is 1.06 bits per heavy atom. The summed E-state index contributed by atoms with van der Waals surface area (Å²) < 4.78 is 127. The molecular formula is C80H128N4O16S4. The minimum absolute atomic E-state index is 0. The number of methoxy groups -OCH3 is 4. The zero-order valence-electron chi connectivity index (χ0n) is 58.0. The molecule has 5 atom stereocenters. The van der Waals surface area contributed by atoms with Crippen LogP contribution in [-0.2, 0) is 78.2 Å². The van der Waals surface area contributed by atoms with Gasteiger partial charge >= 0.3 is 0 Å². The van der Waals surface area contributed by atoms with E-state index in [0.717, 1.165) is 52.3 Å². The van der Waals surface area contributed by atoms with Crippen molar-refractivity contribution in [1.82, 2.24) is 17.2 Å². The maximum Gasteiger partial charge on any atom is 0.266 e. The molecule has 4 aromatic rings. The third-order valence-electron chi connectivity index (χ3n) is 17.0. The largest absolute Gasteiger partial charge is 0.383 e. The molecule has 24 heteroatoms. The first kappa shape index (κ1) is 103. The quantitative estimate of drug-likeness (QED) is 0.0591. The summed E-state index contributed by atoms with van der Waals surface area (Å²) in [5.74, 6) is -1.79. The van der Waals surface area contributed by atoms with Crippen LogP contribution in [0.4, 0.5) is 0 Å². The lowest BCUT2D eigenvalue weighted by atomic mass is 9.78. The number of nitrogens with zero attached hydrogens (tertiary/aromatic N) is 4. The molecule has 0 N–H and O–H groups in total. The minimum Gasteiger partial charge on any atom is -0.383 e. The van der Waals surface area contributed by atoms with Gasteiger partial charge in [-0.1, -0.05) is 179 Å². The maximum absolute atomic E-state index is 13.2. The number of aryl methyl sites for hydroxylation is 4. The van der Waals surface area contributed by atoms with Crippen LogP contribution in [0.5, 0.6) is 0 Å². The number of allylic oxidation sites excluding steroid dienone is 7. The van der Waals surface area contributed by atoms with Crippen molar-refractivity contribution in [2.45, 2.75) is 214 Å². The number of carbonyl (C=O) groups excluding carboxylic acids is 4. The third kappa shape index (κ3) is 25.3. The molecule has 4 saturated heterocycles. The maximum atomic E-state index is 13.2. The second kappa shape index (κ2) is 47.4. The van der Waals surface area contributed by atoms with Crippen LogP contribution in [-0.4, -0.2) is 154 Å². The first-order valence-corrected chi connectivity index (χ1v) is 37.9. The van der Waals surface area contributed by atoms with Crippen molar-refractivity contribution >= 4 is 63.7 Å². The highest BCUT2D eigenvalue weighted by Gasteiger charge is 2.57. The average Bonchev–Trinajstić information content (AvgIpc) is 1.59. The smallest absolute Gasteiger partial charge is 0.266 e. The van der Waals surface area contributed by atoms with Crippen molar-refractivity contribution in [2.24, 2.45) is 16.7 Å². The Kier molecular flexibility index (Phi) is 47.0. The predicted molar refractivity (Wildman–Crippen MR) is 426 cm³/mol. The van der Waals surface area contributed by atoms with Crippen LogP contribution in [0.25, 0.3) is 0 Å². The first-order chi connectivity index (χ1) is 45.9. The molecule has 0 saturated carbocycles. The molecule has 0 radical (unpaired) electrons. The van der Waals surface area contributed by atoms with Crippen molar-refractivity contribution in [1.29, 1.82) is 0 Å². The first-order valence-electron chi connectivity index (χ1n) is 32.2. The summed E-state index contributed by atoms with van der Waals surface area (Å²) in [7, 11) is -9.41. The lowest BCUT2D eigenvalue weighted by Gasteiger charge is -2.26. The highest BCUT2D eigenvalue weighted by molar-refractivity contribution is 7.90. The molecule has 1 aliphatic carbocycles. The number of rotatable bonds is 24. The van der Waals surface area contributed by atoms with Gasteiger partial charge in [0.25, 0.3) is 40.1 Å². The Morgan fingerprint density at radius 1 is 0.423 bits per heavy atom. The Labute approximate surface area is 629 Å². The second-order valence-electron chi connectivity index (χ2n) is 24.5. The number of hydrogen-bond donors (Lipinski definition) is 0. The van der Waals surface area contributed by atoms with Gasteiger partial charge in [-0.05, 0) is 147 Å². The van der Waals surface area contributed by atoms with E-state index in [9.17, 15) is 52.8 Å². The monoisotopic (exact) mass is 1530 g/mol. The number of hydrogen-bond acceptors (Lipinski definition) is 16. The van der Waals surface area contributed by atoms with Crippen LogP contribution < -0.4 is 0 Å². The highest BCUT2D eigenvalue weighted by Crippen LogP contribution is 2.48. The zero-order valence-corrected chi connectivity index (χ0v) is 61.2. The fourth-order valence-electron chi connectivity index (χ4n) is 11.9. The lowest BCUT2D eigenvalue weighted by molar-refractivity contribution is -0.133. The Morgan fingerprint density at radius 2 is 0.731 bits per heavy atom. The summed E-state index contributed by atoms with van der Waals surface area (Å²) in [6.45, 7) is 30.5. The molecule has 5 unspecified atom stereocenters. The Bertz CT molecular complexity index is 3800. The van der Waals surface area contributed by atoms with Crippen LogP contribution in [0.15, 0.2) is 192 Å². The van der Waals surface area contributed by atoms with Gasteiger partial charge < -0.3 is 18.9 Å². The van der Waals surface area contributed by atoms with Crippen molar-refractivity contribution < 1.29 is 71.8 Å². The molecule has 9 rings (SSSR count). The average molecular weight is 1530 g/mol. The van der Waals surface area contributed by atoms with Crippen molar-refractivity contribution in [3.8, 4) is 0 Å². The fourth-order valence-corrected chi connectivity index (χ4v) is 18.5. The van der Waals surface area contributed by atoms with Gasteiger partial charge in [0.05, 0.1) is 81.0 Å². The molecular weight excluding hydrogens is 1400 g/mol. The van der Waals surface area contributed by atoms with E-state index in [4.69, 9.17) is 18.9 Å². The number of sulfonamides is 4. The van der Waals surface area contributed by atoms with Gasteiger partial charge in [0.2, 0.25) is 23.6 Å². The number of benzene rings is 4. The van der Waals surface area contributed by atoms with E-state index in [-0.39, 0.29) is 128 Å². The van der Waals surface area contributed by atoms with Gasteiger partial charge in [-0.15, -0.1) is 32.9 Å². The summed E-state index contributed by atoms with van der Waals surface area (Å²) in [5, 5.41) is 0. The highest BCUT2D eigenvalue weighted by atomic mass is 32.2. The molecule has 0 bridgehead atoms. The molecule has 4 aromatic carbocycles. The molecule has 4 fully saturated rings. The Balaban J connectivity index is -0.000000607. The topological polar surface area (TPSA) is 255 Å². The summed E-state index contributed by atoms with van der Waals surface area (Å²) >= 11 is 0. The normalized spacial score (nSPS) is 18.7. The Hall–Kier alpha value is -7.16. The fraction of sp³-hybridized carbons (Fsp3) is 0.500. The van der Waals surface area contributed by atoms with E-state index in [1.165, 1.54) is 64.8 Å². The van der Waals surface area contributed by atoms with Gasteiger partial charge in [-0.3, -0.25) is 19.2 Å². The molecule has 20 nitrogen and oxygen atoms in total. The second-order valence-corrected chi connectivity index (χ2v) is 31.7. The van der Waals surface area contributed by atoms with Crippen LogP contribution >= 0.6 is 0 Å². The number of carbonyl (C=O) groups is 4. The van der Waals surface area contributed by atoms with Crippen molar-refractivity contribution in [3.05, 3.63) is 195 Å². The van der Waals surface area contributed by atoms with Crippen LogP contribution in [0, 0.1) is 44.4 Å². The molecule has 4 aliphatic heterocycles. The van der Waals surface area contributed by atoms with Gasteiger partial charge in [-0.25, -0.2) is 50.9 Å². The molecule has 5 aliphatic rings. The van der Waals surface area contributed by atoms with E-state index in [0.29, 0.717) is 57.8 Å². The van der Waals surface area contributed by atoms with Crippen molar-refractivity contribution in [2.75, 3.05) is 54.9 Å². The molecule has 4 heterocycles. The molecule has 588 valence electrons. The van der Waals surface area contributed by atoms with Gasteiger partial charge in [0, 0.05) is 40.8 Å². The summed E-state index contributed by atoms with van der Waals surface area (Å²) in [6, 6.07) is 24.3. The summed E-state index contributed by atoms with van der Waals surface area (Å²) in [6.07, 6.45) is 19.4. The molecule has 104 heavy (non-hydrogen) atoms. The van der Waals surface area contributed by atoms with Crippen LogP contribution in [0.1, 0.15) is 165 Å². The van der Waals surface area contributed by atoms with Crippen LogP contribution in [0.2, 0.25) is 0 Å². The minimum atomic E-state index is -3.95. The predicted octanol–water partition coefficient (Wildman–Crippen LogP) is 16.4. The van der Waals surface area contributed by atoms with E-state index in [2.05, 4.69) is 46.7 Å². The molecule has 4 amide bonds. The zero-order chi connectivity index (χ0) is 72.5. The molecule has 1 spiro atoms. The van der Waals surface area contributed by atoms with Crippen molar-refractivity contribution in [3.63, 3.8) is 0 Å². The SMILES string of the molecule is C.C.C.C.C.C.C.C=CCC.C=CCC.C=CCC1(CC=C)CC(COC)N(S(=O)(=O)c2ccc(C)cc2)C1=O.C=CCC1CC(COC)N(S(=O)(=O)c2ccc(C)cc2)C1=O.COCC1CC2(CC=CC2)C(=O)N1S(=O)(=O)c1ccc(C)cc1.COCC1CCC(=O)N1S(=O)(=O)c1ccc(C)cc1. The van der Waals surface area contributed by atoms with E-state index < -0.39 is 81.0 Å². The number of amides is 4. The summed E-state index contributed by atoms with van der Waals surface area (Å²) in [5.41, 5.74) is 2.42. The van der Waals surface area contributed by atoms with E-state index in [1.54, 1.807) is 78.9 Å². The summed E-state index contributed by atoms with van der Waals surface area (Å²) in [4.78, 5) is 51.0. The third-order valence-corrected chi connectivity index (χ3v) is 24.4. The van der Waals surface area contributed by atoms with Gasteiger partial charge in [0.15, 0.2) is 0 Å². The van der Waals surface area contributed by atoms with E-state index in [1.807, 2.05) is 52.0 Å². The number of ether oxygens (including phenoxy) is 4. The lowest BCUT2D eigenvalue weighted by Crippen LogP contribution is -2.42. The standard InChI is InChI=1S/C19H25NO4S.C17H21NO4S.C16H21NO4S.C13H17NO4S.2C4H8.7CH4/c1-5-11-19(12-6-2)13-16(14-24-4)20(18(19)21)25(22,23)17-9-7-15(3)8-10-17;1-13-5-7-15(8-6-13)23(20,21)18-14(12-22-2)11-17(16(18)19)9-3-4-10-17;1-4-5-13-10-14(11-21-3)17(16(13)18)22(19,20)15-8-6-12(2)7-9-15;1-10-3-6-12(7-4-10)19(16,17)14-11(9-18-2)5-8-13(14)15;2*1-3-4-2;;;;;;;/h5-10,16H,1-2,11-14H2,3-4H3;3-8,14H,9-12H2,1-2H3;4,6-9,13-14H,1,5,10-11H2,2-3H3;3-4,6-7,11H,5,8-9H2,1-2H3;2*3H,1,4H2,2H3;7*1H4. The van der Waals surface area contributed by atoms with E-state index >= 15 is 0 Å². The van der Waals surface area contributed by atoms with Crippen LogP contribution in [0.3, 0.4) is 0 Å². The van der Waals surface area contributed by atoms with Gasteiger partial charge in [-0.2, -0.15) is 0 Å².